The molecule has 1 aliphatic rings. The first-order valence-corrected chi connectivity index (χ1v) is 15.2. The molecule has 0 aliphatic carbocycles. The first-order valence-electron chi connectivity index (χ1n) is 13.0. The van der Waals surface area contributed by atoms with E-state index < -0.39 is 44.3 Å². The number of carbonyl (C=O) groups is 1. The minimum absolute atomic E-state index is 0.0744. The number of aromatic amines is 1. The van der Waals surface area contributed by atoms with Crippen LogP contribution in [0.4, 0.5) is 0 Å². The van der Waals surface area contributed by atoms with Gasteiger partial charge in [-0.1, -0.05) is 32.5 Å². The summed E-state index contributed by atoms with van der Waals surface area (Å²) in [5.41, 5.74) is -1.58. The van der Waals surface area contributed by atoms with Crippen LogP contribution in [-0.2, 0) is 28.1 Å². The Morgan fingerprint density at radius 1 is 1.18 bits per heavy atom. The molecule has 0 saturated carbocycles. The molecule has 224 valence electrons. The second-order valence-electron chi connectivity index (χ2n) is 10.7. The molecule has 1 aliphatic heterocycles. The lowest BCUT2D eigenvalue weighted by atomic mass is 10.00. The van der Waals surface area contributed by atoms with Crippen molar-refractivity contribution in [3.63, 3.8) is 0 Å². The van der Waals surface area contributed by atoms with Gasteiger partial charge in [-0.25, -0.2) is 9.46 Å². The predicted molar refractivity (Wildman–Crippen MR) is 151 cm³/mol. The lowest BCUT2D eigenvalue weighted by Gasteiger charge is -2.38. The summed E-state index contributed by atoms with van der Waals surface area (Å²) >= 11 is 1.26. The highest BCUT2D eigenvalue weighted by molar-refractivity contribution is 8.13. The fourth-order valence-corrected chi connectivity index (χ4v) is 6.57. The van der Waals surface area contributed by atoms with Crippen molar-refractivity contribution in [2.24, 2.45) is 5.41 Å². The molecule has 0 bridgehead atoms. The van der Waals surface area contributed by atoms with Crippen LogP contribution >= 0.6 is 20.3 Å². The molecular weight excluding hydrogens is 549 g/mol. The number of aromatic nitrogens is 2. The molecule has 0 spiro atoms. The number of aliphatic hydroxyl groups is 1. The normalized spacial score (nSPS) is 22.8. The highest BCUT2D eigenvalue weighted by atomic mass is 32.2. The van der Waals surface area contributed by atoms with Crippen LogP contribution in [0.1, 0.15) is 54.7 Å². The van der Waals surface area contributed by atoms with Gasteiger partial charge in [-0.05, 0) is 27.7 Å². The maximum atomic E-state index is 12.4. The standard InChI is InChI=1S/C25H44N3O9PS/c1-16(2)28(17(3)4)38(35-12-11-34-13-14-39-23(31)25(5,6)7)37-20-18(15-29)36-22(21(20)33-8)27-10-9-19(30)26-24(27)32/h9-10,16-18,20-22,29H,11-15H2,1-8H3,(H,26,30,32)/t18-,20?,21+,22-,38?/m1/s1. The summed E-state index contributed by atoms with van der Waals surface area (Å²) in [6, 6.07) is 1.36. The van der Waals surface area contributed by atoms with Gasteiger partial charge in [-0.2, -0.15) is 0 Å². The molecule has 1 aromatic rings. The van der Waals surface area contributed by atoms with Gasteiger partial charge in [0.2, 0.25) is 0 Å². The summed E-state index contributed by atoms with van der Waals surface area (Å²) in [7, 11) is -0.184. The average Bonchev–Trinajstić information content (AvgIpc) is 3.18. The molecule has 14 heteroatoms. The van der Waals surface area contributed by atoms with Crippen LogP contribution < -0.4 is 11.2 Å². The van der Waals surface area contributed by atoms with Crippen molar-refractivity contribution in [2.45, 2.75) is 85.1 Å². The Hall–Kier alpha value is -1.15. The number of nitrogens with one attached hydrogen (secondary N) is 1. The third-order valence-corrected chi connectivity index (χ3v) is 9.20. The van der Waals surface area contributed by atoms with E-state index in [-0.39, 0.29) is 35.8 Å². The predicted octanol–water partition coefficient (Wildman–Crippen LogP) is 2.51. The summed E-state index contributed by atoms with van der Waals surface area (Å²) < 4.78 is 33.3. The van der Waals surface area contributed by atoms with Crippen LogP contribution in [0.2, 0.25) is 0 Å². The third-order valence-electron chi connectivity index (χ3n) is 5.82. The molecule has 2 rings (SSSR count). The second kappa shape index (κ2) is 15.7. The first-order chi connectivity index (χ1) is 18.3. The third kappa shape index (κ3) is 9.72. The number of hydrogen-bond acceptors (Lipinski definition) is 11. The van der Waals surface area contributed by atoms with Crippen molar-refractivity contribution in [3.05, 3.63) is 33.1 Å². The van der Waals surface area contributed by atoms with Gasteiger partial charge in [0.05, 0.1) is 26.4 Å². The number of rotatable bonds is 15. The molecule has 2 heterocycles. The van der Waals surface area contributed by atoms with Crippen molar-refractivity contribution < 1.29 is 33.2 Å². The topological polar surface area (TPSA) is 142 Å². The van der Waals surface area contributed by atoms with Crippen LogP contribution in [0.3, 0.4) is 0 Å². The molecule has 0 aromatic carbocycles. The Balaban J connectivity index is 2.11. The van der Waals surface area contributed by atoms with Crippen LogP contribution in [0, 0.1) is 5.41 Å². The van der Waals surface area contributed by atoms with Crippen molar-refractivity contribution >= 4 is 25.4 Å². The van der Waals surface area contributed by atoms with E-state index in [9.17, 15) is 19.5 Å². The minimum Gasteiger partial charge on any atom is -0.394 e. The van der Waals surface area contributed by atoms with Crippen LogP contribution in [0.5, 0.6) is 0 Å². The largest absolute Gasteiger partial charge is 0.394 e. The van der Waals surface area contributed by atoms with Crippen LogP contribution in [-0.4, -0.2) is 94.1 Å². The monoisotopic (exact) mass is 593 g/mol. The van der Waals surface area contributed by atoms with Crippen molar-refractivity contribution in [2.75, 3.05) is 39.3 Å². The Morgan fingerprint density at radius 2 is 1.85 bits per heavy atom. The van der Waals surface area contributed by atoms with E-state index in [1.807, 2.05) is 48.5 Å². The van der Waals surface area contributed by atoms with Crippen molar-refractivity contribution in [1.82, 2.24) is 14.2 Å². The van der Waals surface area contributed by atoms with Crippen LogP contribution in [0.25, 0.3) is 0 Å². The van der Waals surface area contributed by atoms with Gasteiger partial charge in [0.15, 0.2) is 11.3 Å². The van der Waals surface area contributed by atoms with E-state index in [0.29, 0.717) is 19.0 Å². The van der Waals surface area contributed by atoms with Gasteiger partial charge < -0.3 is 28.4 Å². The Bertz CT molecular complexity index is 1010. The molecule has 5 atom stereocenters. The summed E-state index contributed by atoms with van der Waals surface area (Å²) in [5, 5.41) is 10.2. The molecule has 2 unspecified atom stereocenters. The van der Waals surface area contributed by atoms with Crippen LogP contribution in [0.15, 0.2) is 21.9 Å². The van der Waals surface area contributed by atoms with Crippen molar-refractivity contribution in [1.29, 1.82) is 0 Å². The Labute approximate surface area is 235 Å². The molecule has 0 radical (unpaired) electrons. The highest BCUT2D eigenvalue weighted by Gasteiger charge is 2.49. The summed E-state index contributed by atoms with van der Waals surface area (Å²) in [4.78, 5) is 38.2. The van der Waals surface area contributed by atoms with Gasteiger partial charge in [-0.15, -0.1) is 0 Å². The number of thioether (sulfide) groups is 1. The quantitative estimate of drug-likeness (QED) is 0.229. The fourth-order valence-electron chi connectivity index (χ4n) is 4.00. The fraction of sp³-hybridized carbons (Fsp3) is 0.800. The van der Waals surface area contributed by atoms with E-state index in [4.69, 9.17) is 23.3 Å². The van der Waals surface area contributed by atoms with E-state index in [1.54, 1.807) is 0 Å². The minimum atomic E-state index is -1.65. The number of methoxy groups -OCH3 is 1. The molecule has 39 heavy (non-hydrogen) atoms. The zero-order valence-electron chi connectivity index (χ0n) is 24.1. The summed E-state index contributed by atoms with van der Waals surface area (Å²) in [5.74, 6) is 0.560. The lowest BCUT2D eigenvalue weighted by Crippen LogP contribution is -2.41. The van der Waals surface area contributed by atoms with Gasteiger partial charge >= 0.3 is 5.69 Å². The molecule has 2 N–H and O–H groups in total. The molecule has 0 amide bonds. The maximum absolute atomic E-state index is 12.4. The van der Waals surface area contributed by atoms with E-state index >= 15 is 0 Å². The Kier molecular flexibility index (Phi) is 13.7. The number of nitrogens with zero attached hydrogens (tertiary/aromatic N) is 2. The summed E-state index contributed by atoms with van der Waals surface area (Å²) in [6.45, 7) is 14.4. The molecule has 1 fully saturated rings. The smallest absolute Gasteiger partial charge is 0.330 e. The molecular formula is C25H44N3O9PS. The zero-order valence-corrected chi connectivity index (χ0v) is 25.8. The number of ether oxygens (including phenoxy) is 3. The van der Waals surface area contributed by atoms with Gasteiger partial charge in [-0.3, -0.25) is 19.1 Å². The molecule has 12 nitrogen and oxygen atoms in total. The number of hydrogen-bond donors (Lipinski definition) is 2. The van der Waals surface area contributed by atoms with Gasteiger partial charge in [0.25, 0.3) is 14.1 Å². The highest BCUT2D eigenvalue weighted by Crippen LogP contribution is 2.50. The average molecular weight is 594 g/mol. The number of aliphatic hydroxyl groups excluding tert-OH is 1. The Morgan fingerprint density at radius 3 is 2.38 bits per heavy atom. The maximum Gasteiger partial charge on any atom is 0.330 e. The van der Waals surface area contributed by atoms with Gasteiger partial charge in [0.1, 0.15) is 18.3 Å². The summed E-state index contributed by atoms with van der Waals surface area (Å²) in [6.07, 6.45) is -1.94. The van der Waals surface area contributed by atoms with E-state index in [2.05, 4.69) is 9.65 Å². The van der Waals surface area contributed by atoms with Gasteiger partial charge in [0, 0.05) is 42.6 Å². The second-order valence-corrected chi connectivity index (χ2v) is 13.1. The first kappa shape index (κ1) is 34.1. The van der Waals surface area contributed by atoms with Crippen molar-refractivity contribution in [3.8, 4) is 0 Å². The number of H-pyrrole nitrogens is 1. The SMILES string of the molecule is CO[C@H]1C(OP(OCCOCCSC(=O)C(C)(C)C)N(C(C)C)C(C)C)[C@@H](CO)O[C@H]1n1ccc(=O)[nH]c1=O. The van der Waals surface area contributed by atoms with E-state index in [0.717, 1.165) is 0 Å². The lowest BCUT2D eigenvalue weighted by molar-refractivity contribution is -0.117. The zero-order chi connectivity index (χ0) is 29.3. The molecule has 1 saturated heterocycles. The molecule has 1 aromatic heterocycles. The number of carbonyl (C=O) groups excluding carboxylic acids is 1. The van der Waals surface area contributed by atoms with E-state index in [1.165, 1.54) is 35.7 Å².